The van der Waals surface area contributed by atoms with Crippen molar-refractivity contribution in [1.82, 2.24) is 0 Å². The molecule has 1 atom stereocenters. The van der Waals surface area contributed by atoms with E-state index in [0.29, 0.717) is 18.6 Å². The normalized spacial score (nSPS) is 28.6. The van der Waals surface area contributed by atoms with Crippen molar-refractivity contribution in [2.24, 2.45) is 11.3 Å². The molecule has 12 heavy (non-hydrogen) atoms. The van der Waals surface area contributed by atoms with E-state index in [1.54, 1.807) is 6.92 Å². The summed E-state index contributed by atoms with van der Waals surface area (Å²) in [5.74, 6) is 0.625. The highest BCUT2D eigenvalue weighted by Crippen LogP contribution is 2.39. The van der Waals surface area contributed by atoms with Crippen molar-refractivity contribution in [3.05, 3.63) is 0 Å². The van der Waals surface area contributed by atoms with E-state index in [0.717, 1.165) is 6.42 Å². The van der Waals surface area contributed by atoms with Gasteiger partial charge in [0.1, 0.15) is 11.6 Å². The maximum Gasteiger partial charge on any atom is 0.133 e. The Morgan fingerprint density at radius 2 is 2.08 bits per heavy atom. The Hall–Kier alpha value is -0.660. The van der Waals surface area contributed by atoms with Gasteiger partial charge in [0.05, 0.1) is 0 Å². The molecule has 0 amide bonds. The van der Waals surface area contributed by atoms with Crippen molar-refractivity contribution in [3.63, 3.8) is 0 Å². The molecule has 1 rings (SSSR count). The summed E-state index contributed by atoms with van der Waals surface area (Å²) in [5, 5.41) is 0. The molecule has 68 valence electrons. The van der Waals surface area contributed by atoms with Crippen LogP contribution in [0.25, 0.3) is 0 Å². The van der Waals surface area contributed by atoms with E-state index in [9.17, 15) is 9.59 Å². The molecule has 0 N–H and O–H groups in total. The summed E-state index contributed by atoms with van der Waals surface area (Å²) in [4.78, 5) is 22.3. The van der Waals surface area contributed by atoms with Crippen LogP contribution < -0.4 is 0 Å². The van der Waals surface area contributed by atoms with Crippen LogP contribution in [0.2, 0.25) is 0 Å². The van der Waals surface area contributed by atoms with Crippen molar-refractivity contribution in [2.75, 3.05) is 0 Å². The molecule has 0 unspecified atom stereocenters. The SMILES string of the molecule is CC(=O)[C@H]1CCC(=O)CC1(C)C. The molecule has 2 nitrogen and oxygen atoms in total. The fourth-order valence-electron chi connectivity index (χ4n) is 2.17. The molecule has 1 fully saturated rings. The average molecular weight is 168 g/mol. The van der Waals surface area contributed by atoms with Crippen LogP contribution in [0.1, 0.15) is 40.0 Å². The van der Waals surface area contributed by atoms with E-state index in [4.69, 9.17) is 0 Å². The van der Waals surface area contributed by atoms with Gasteiger partial charge in [-0.1, -0.05) is 13.8 Å². The molecule has 0 heterocycles. The third-order valence-corrected chi connectivity index (χ3v) is 2.80. The first-order valence-corrected chi connectivity index (χ1v) is 4.45. The van der Waals surface area contributed by atoms with E-state index in [1.807, 2.05) is 13.8 Å². The molecule has 1 aliphatic carbocycles. The van der Waals surface area contributed by atoms with Gasteiger partial charge in [-0.05, 0) is 18.8 Å². The highest BCUT2D eigenvalue weighted by atomic mass is 16.1. The Morgan fingerprint density at radius 1 is 1.50 bits per heavy atom. The minimum Gasteiger partial charge on any atom is -0.300 e. The van der Waals surface area contributed by atoms with Gasteiger partial charge in [0.2, 0.25) is 0 Å². The number of ketones is 2. The molecule has 0 aromatic heterocycles. The molecule has 2 heteroatoms. The molecule has 0 aliphatic heterocycles. The highest BCUT2D eigenvalue weighted by molar-refractivity contribution is 5.85. The van der Waals surface area contributed by atoms with Gasteiger partial charge >= 0.3 is 0 Å². The standard InChI is InChI=1S/C10H16O2/c1-7(11)9-5-4-8(12)6-10(9,2)3/h9H,4-6H2,1-3H3/t9-/m1/s1. The van der Waals surface area contributed by atoms with E-state index >= 15 is 0 Å². The number of Topliss-reactive ketones (excluding diaryl/α,β-unsaturated/α-hetero) is 2. The Bertz CT molecular complexity index is 216. The van der Waals surface area contributed by atoms with Crippen LogP contribution in [0.3, 0.4) is 0 Å². The molecular formula is C10H16O2. The lowest BCUT2D eigenvalue weighted by molar-refractivity contribution is -0.131. The van der Waals surface area contributed by atoms with Crippen molar-refractivity contribution < 1.29 is 9.59 Å². The first-order valence-electron chi connectivity index (χ1n) is 4.45. The second kappa shape index (κ2) is 3.00. The molecule has 0 spiro atoms. The van der Waals surface area contributed by atoms with Gasteiger partial charge in [0, 0.05) is 18.8 Å². The van der Waals surface area contributed by atoms with Crippen LogP contribution in [0.5, 0.6) is 0 Å². The lowest BCUT2D eigenvalue weighted by Crippen LogP contribution is -2.36. The predicted molar refractivity (Wildman–Crippen MR) is 46.8 cm³/mol. The quantitative estimate of drug-likeness (QED) is 0.600. The van der Waals surface area contributed by atoms with E-state index < -0.39 is 0 Å². The molecule has 0 saturated heterocycles. The Kier molecular flexibility index (Phi) is 2.36. The zero-order chi connectivity index (χ0) is 9.35. The molecule has 0 radical (unpaired) electrons. The molecule has 1 saturated carbocycles. The van der Waals surface area contributed by atoms with Gasteiger partial charge in [-0.3, -0.25) is 9.59 Å². The van der Waals surface area contributed by atoms with Gasteiger partial charge in [0.15, 0.2) is 0 Å². The monoisotopic (exact) mass is 168 g/mol. The largest absolute Gasteiger partial charge is 0.300 e. The Morgan fingerprint density at radius 3 is 2.50 bits per heavy atom. The van der Waals surface area contributed by atoms with Crippen molar-refractivity contribution in [1.29, 1.82) is 0 Å². The maximum absolute atomic E-state index is 11.2. The predicted octanol–water partition coefficient (Wildman–Crippen LogP) is 1.97. The lowest BCUT2D eigenvalue weighted by Gasteiger charge is -2.35. The third kappa shape index (κ3) is 1.74. The fraction of sp³-hybridized carbons (Fsp3) is 0.800. The average Bonchev–Trinajstić information content (AvgIpc) is 1.82. The van der Waals surface area contributed by atoms with Gasteiger partial charge in [-0.2, -0.15) is 0 Å². The van der Waals surface area contributed by atoms with Gasteiger partial charge in [-0.25, -0.2) is 0 Å². The number of rotatable bonds is 1. The molecule has 0 bridgehead atoms. The van der Waals surface area contributed by atoms with Crippen molar-refractivity contribution >= 4 is 11.6 Å². The van der Waals surface area contributed by atoms with E-state index in [-0.39, 0.29) is 17.1 Å². The summed E-state index contributed by atoms with van der Waals surface area (Å²) >= 11 is 0. The summed E-state index contributed by atoms with van der Waals surface area (Å²) in [6.45, 7) is 5.65. The van der Waals surface area contributed by atoms with Gasteiger partial charge < -0.3 is 0 Å². The zero-order valence-electron chi connectivity index (χ0n) is 8.02. The number of hydrogen-bond acceptors (Lipinski definition) is 2. The molecule has 0 aromatic rings. The minimum atomic E-state index is -0.110. The minimum absolute atomic E-state index is 0.0928. The molecular weight excluding hydrogens is 152 g/mol. The zero-order valence-corrected chi connectivity index (χ0v) is 8.02. The second-order valence-electron chi connectivity index (χ2n) is 4.41. The summed E-state index contributed by atoms with van der Waals surface area (Å²) in [6, 6.07) is 0. The van der Waals surface area contributed by atoms with Gasteiger partial charge in [0.25, 0.3) is 0 Å². The summed E-state index contributed by atoms with van der Waals surface area (Å²) < 4.78 is 0. The first kappa shape index (κ1) is 9.43. The second-order valence-corrected chi connectivity index (χ2v) is 4.41. The van der Waals surface area contributed by atoms with Crippen LogP contribution in [0.15, 0.2) is 0 Å². The lowest BCUT2D eigenvalue weighted by atomic mass is 9.67. The van der Waals surface area contributed by atoms with E-state index in [2.05, 4.69) is 0 Å². The molecule has 0 aromatic carbocycles. The number of carbonyl (C=O) groups excluding carboxylic acids is 2. The fourth-order valence-corrected chi connectivity index (χ4v) is 2.17. The summed E-state index contributed by atoms with van der Waals surface area (Å²) in [5.41, 5.74) is -0.110. The maximum atomic E-state index is 11.2. The molecule has 1 aliphatic rings. The third-order valence-electron chi connectivity index (χ3n) is 2.80. The topological polar surface area (TPSA) is 34.1 Å². The van der Waals surface area contributed by atoms with Crippen LogP contribution in [0.4, 0.5) is 0 Å². The van der Waals surface area contributed by atoms with Crippen LogP contribution in [-0.2, 0) is 9.59 Å². The van der Waals surface area contributed by atoms with Gasteiger partial charge in [-0.15, -0.1) is 0 Å². The Labute approximate surface area is 73.3 Å². The smallest absolute Gasteiger partial charge is 0.133 e. The number of carbonyl (C=O) groups is 2. The van der Waals surface area contributed by atoms with Crippen LogP contribution in [0, 0.1) is 11.3 Å². The van der Waals surface area contributed by atoms with E-state index in [1.165, 1.54) is 0 Å². The highest BCUT2D eigenvalue weighted by Gasteiger charge is 2.38. The first-order chi connectivity index (χ1) is 5.43. The summed E-state index contributed by atoms with van der Waals surface area (Å²) in [7, 11) is 0. The van der Waals surface area contributed by atoms with Crippen molar-refractivity contribution in [2.45, 2.75) is 40.0 Å². The Balaban J connectivity index is 2.77. The van der Waals surface area contributed by atoms with Crippen LogP contribution >= 0.6 is 0 Å². The number of hydrogen-bond donors (Lipinski definition) is 0. The van der Waals surface area contributed by atoms with Crippen LogP contribution in [-0.4, -0.2) is 11.6 Å². The van der Waals surface area contributed by atoms with Crippen molar-refractivity contribution in [3.8, 4) is 0 Å². The summed E-state index contributed by atoms with van der Waals surface area (Å²) in [6.07, 6.45) is 1.91.